The zero-order chi connectivity index (χ0) is 31.5. The molecule has 1 aromatic carbocycles. The summed E-state index contributed by atoms with van der Waals surface area (Å²) in [5.41, 5.74) is 0.533. The van der Waals surface area contributed by atoms with Crippen LogP contribution >= 0.6 is 23.2 Å². The van der Waals surface area contributed by atoms with Crippen LogP contribution in [0, 0.1) is 16.7 Å². The van der Waals surface area contributed by atoms with E-state index in [2.05, 4.69) is 26.3 Å². The smallest absolute Gasteiger partial charge is 0.264 e. The molecule has 0 saturated carbocycles. The molecule has 2 aromatic heterocycles. The average Bonchev–Trinajstić information content (AvgIpc) is 2.99. The summed E-state index contributed by atoms with van der Waals surface area (Å²) in [6.07, 6.45) is 3.35. The van der Waals surface area contributed by atoms with Crippen LogP contribution in [0.4, 0.5) is 5.95 Å². The maximum Gasteiger partial charge on any atom is 0.264 e. The standard InChI is InChI=1S/C30H35Cl2N7O4/c1-30(2,3)15-19(16-33)27(40)38-10-7-37(8-11-38)9-12-39-26-18(17-35-29(34-4)36-26)13-20(28(39)41)23-24(31)21(42-5)14-22(43-6)25(23)32/h13-15,17H,7-12H2,1-6H3,(H,34,35,36)/b19-15-. The number of anilines is 1. The van der Waals surface area contributed by atoms with E-state index in [1.807, 2.05) is 20.8 Å². The molecular formula is C30H35Cl2N7O4. The molecule has 0 radical (unpaired) electrons. The molecule has 228 valence electrons. The summed E-state index contributed by atoms with van der Waals surface area (Å²) in [6.45, 7) is 8.80. The number of benzene rings is 1. The van der Waals surface area contributed by atoms with Crippen LogP contribution in [0.2, 0.25) is 10.0 Å². The number of carbonyl (C=O) groups excluding carboxylic acids is 1. The van der Waals surface area contributed by atoms with Crippen LogP contribution in [0.5, 0.6) is 11.5 Å². The molecule has 1 amide bonds. The van der Waals surface area contributed by atoms with E-state index >= 15 is 0 Å². The van der Waals surface area contributed by atoms with Gasteiger partial charge in [-0.2, -0.15) is 10.2 Å². The highest BCUT2D eigenvalue weighted by atomic mass is 35.5. The van der Waals surface area contributed by atoms with Gasteiger partial charge >= 0.3 is 0 Å². The van der Waals surface area contributed by atoms with Crippen LogP contribution in [-0.4, -0.2) is 84.2 Å². The number of halogens is 2. The second-order valence-corrected chi connectivity index (χ2v) is 11.9. The van der Waals surface area contributed by atoms with Gasteiger partial charge in [0.15, 0.2) is 0 Å². The Kier molecular flexibility index (Phi) is 9.85. The van der Waals surface area contributed by atoms with Crippen molar-refractivity contribution in [3.63, 3.8) is 0 Å². The molecule has 0 bridgehead atoms. The second kappa shape index (κ2) is 13.2. The molecule has 3 aromatic rings. The number of carbonyl (C=O) groups is 1. The van der Waals surface area contributed by atoms with Gasteiger partial charge in [0, 0.05) is 69.5 Å². The van der Waals surface area contributed by atoms with E-state index in [0.29, 0.717) is 73.3 Å². The fourth-order valence-electron chi connectivity index (χ4n) is 4.95. The van der Waals surface area contributed by atoms with E-state index in [0.717, 1.165) is 0 Å². The lowest BCUT2D eigenvalue weighted by Crippen LogP contribution is -2.50. The van der Waals surface area contributed by atoms with Crippen molar-refractivity contribution in [1.82, 2.24) is 24.3 Å². The number of ether oxygens (including phenoxy) is 2. The van der Waals surface area contributed by atoms with Gasteiger partial charge in [-0.05, 0) is 11.5 Å². The highest BCUT2D eigenvalue weighted by Crippen LogP contribution is 2.45. The number of rotatable bonds is 8. The van der Waals surface area contributed by atoms with E-state index in [1.54, 1.807) is 40.9 Å². The monoisotopic (exact) mass is 627 g/mol. The number of allylic oxidation sites excluding steroid dienone is 1. The lowest BCUT2D eigenvalue weighted by atomic mass is 9.93. The Morgan fingerprint density at radius 1 is 1.09 bits per heavy atom. The lowest BCUT2D eigenvalue weighted by Gasteiger charge is -2.35. The van der Waals surface area contributed by atoms with Crippen molar-refractivity contribution in [2.45, 2.75) is 27.3 Å². The number of nitrogens with one attached hydrogen (secondary N) is 1. The first-order chi connectivity index (χ1) is 20.4. The Hall–Kier alpha value is -3.85. The van der Waals surface area contributed by atoms with Crippen molar-refractivity contribution < 1.29 is 14.3 Å². The molecule has 0 atom stereocenters. The first-order valence-electron chi connectivity index (χ1n) is 13.8. The lowest BCUT2D eigenvalue weighted by molar-refractivity contribution is -0.128. The summed E-state index contributed by atoms with van der Waals surface area (Å²) >= 11 is 13.4. The second-order valence-electron chi connectivity index (χ2n) is 11.2. The summed E-state index contributed by atoms with van der Waals surface area (Å²) in [5, 5.41) is 13.5. The van der Waals surface area contributed by atoms with Crippen molar-refractivity contribution in [2.75, 3.05) is 59.3 Å². The Morgan fingerprint density at radius 3 is 2.26 bits per heavy atom. The van der Waals surface area contributed by atoms with E-state index in [1.165, 1.54) is 14.2 Å². The first-order valence-corrected chi connectivity index (χ1v) is 14.5. The number of piperazine rings is 1. The van der Waals surface area contributed by atoms with Gasteiger partial charge in [-0.25, -0.2) is 4.98 Å². The van der Waals surface area contributed by atoms with Gasteiger partial charge in [0.2, 0.25) is 5.95 Å². The van der Waals surface area contributed by atoms with Crippen LogP contribution in [0.1, 0.15) is 20.8 Å². The average molecular weight is 629 g/mol. The molecule has 3 heterocycles. The number of hydrogen-bond donors (Lipinski definition) is 1. The number of nitriles is 1. The summed E-state index contributed by atoms with van der Waals surface area (Å²) in [4.78, 5) is 39.9. The highest BCUT2D eigenvalue weighted by molar-refractivity contribution is 6.41. The van der Waals surface area contributed by atoms with Crippen molar-refractivity contribution in [2.24, 2.45) is 5.41 Å². The fourth-order valence-corrected chi connectivity index (χ4v) is 5.65. The molecule has 1 N–H and O–H groups in total. The SMILES string of the molecule is CNc1ncc2cc(-c3c(Cl)c(OC)cc(OC)c3Cl)c(=O)n(CCN3CCN(C(=O)/C(C#N)=C\C(C)(C)C)CC3)c2n1. The van der Waals surface area contributed by atoms with Crippen LogP contribution in [0.25, 0.3) is 22.2 Å². The molecule has 0 aliphatic carbocycles. The minimum atomic E-state index is -0.341. The van der Waals surface area contributed by atoms with Gasteiger partial charge in [-0.1, -0.05) is 50.0 Å². The van der Waals surface area contributed by atoms with Gasteiger partial charge in [-0.15, -0.1) is 0 Å². The number of fused-ring (bicyclic) bond motifs is 1. The van der Waals surface area contributed by atoms with E-state index < -0.39 is 0 Å². The van der Waals surface area contributed by atoms with Crippen molar-refractivity contribution in [3.05, 3.63) is 50.4 Å². The summed E-state index contributed by atoms with van der Waals surface area (Å²) in [6, 6.07) is 5.29. The molecule has 1 saturated heterocycles. The third-order valence-electron chi connectivity index (χ3n) is 7.12. The third-order valence-corrected chi connectivity index (χ3v) is 7.87. The van der Waals surface area contributed by atoms with Crippen LogP contribution < -0.4 is 20.3 Å². The van der Waals surface area contributed by atoms with Crippen molar-refractivity contribution >= 4 is 46.1 Å². The molecular weight excluding hydrogens is 593 g/mol. The van der Waals surface area contributed by atoms with Gasteiger partial charge in [0.25, 0.3) is 11.5 Å². The number of methoxy groups -OCH3 is 2. The molecule has 1 aliphatic rings. The third kappa shape index (κ3) is 6.88. The zero-order valence-corrected chi connectivity index (χ0v) is 26.6. The normalized spacial score (nSPS) is 14.5. The van der Waals surface area contributed by atoms with Crippen LogP contribution in [-0.2, 0) is 11.3 Å². The molecule has 4 rings (SSSR count). The maximum atomic E-state index is 14.1. The Balaban J connectivity index is 1.66. The van der Waals surface area contributed by atoms with Gasteiger partial charge in [0.05, 0.1) is 29.8 Å². The minimum Gasteiger partial charge on any atom is -0.495 e. The number of aromatic nitrogens is 3. The van der Waals surface area contributed by atoms with Crippen molar-refractivity contribution in [1.29, 1.82) is 5.26 Å². The fraction of sp³-hybridized carbons (Fsp3) is 0.433. The molecule has 1 fully saturated rings. The highest BCUT2D eigenvalue weighted by Gasteiger charge is 2.26. The number of hydrogen-bond acceptors (Lipinski definition) is 9. The van der Waals surface area contributed by atoms with E-state index in [9.17, 15) is 14.9 Å². The van der Waals surface area contributed by atoms with E-state index in [-0.39, 0.29) is 38.1 Å². The molecule has 11 nitrogen and oxygen atoms in total. The summed E-state index contributed by atoms with van der Waals surface area (Å²) < 4.78 is 12.4. The van der Waals surface area contributed by atoms with Crippen LogP contribution in [0.3, 0.4) is 0 Å². The number of amides is 1. The topological polar surface area (TPSA) is 126 Å². The van der Waals surface area contributed by atoms with Gasteiger partial charge < -0.3 is 19.7 Å². The Bertz CT molecular complexity index is 1640. The van der Waals surface area contributed by atoms with E-state index in [4.69, 9.17) is 32.7 Å². The molecule has 43 heavy (non-hydrogen) atoms. The molecule has 0 unspecified atom stereocenters. The Labute approximate surface area is 260 Å². The summed E-state index contributed by atoms with van der Waals surface area (Å²) in [5.74, 6) is 0.743. The maximum absolute atomic E-state index is 14.1. The van der Waals surface area contributed by atoms with Gasteiger partial charge in [-0.3, -0.25) is 19.1 Å². The molecule has 13 heteroatoms. The quantitative estimate of drug-likeness (QED) is 0.284. The Morgan fingerprint density at radius 2 is 1.72 bits per heavy atom. The van der Waals surface area contributed by atoms with Crippen molar-refractivity contribution in [3.8, 4) is 28.7 Å². The van der Waals surface area contributed by atoms with Gasteiger partial charge in [0.1, 0.15) is 28.8 Å². The molecule has 0 spiro atoms. The number of pyridine rings is 1. The predicted molar refractivity (Wildman–Crippen MR) is 168 cm³/mol. The largest absolute Gasteiger partial charge is 0.495 e. The first kappa shape index (κ1) is 32.1. The van der Waals surface area contributed by atoms with Crippen LogP contribution in [0.15, 0.2) is 34.8 Å². The number of nitrogens with zero attached hydrogens (tertiary/aromatic N) is 6. The summed E-state index contributed by atoms with van der Waals surface area (Å²) in [7, 11) is 4.65. The minimum absolute atomic E-state index is 0.155. The predicted octanol–water partition coefficient (Wildman–Crippen LogP) is 4.46. The molecule has 1 aliphatic heterocycles. The zero-order valence-electron chi connectivity index (χ0n) is 25.1.